The Morgan fingerprint density at radius 3 is 2.89 bits per heavy atom. The molecular formula is C13H12BrN3S. The first-order valence-electron chi connectivity index (χ1n) is 5.39. The summed E-state index contributed by atoms with van der Waals surface area (Å²) in [6, 6.07) is 11.9. The minimum absolute atomic E-state index is 0.307. The molecule has 0 atom stereocenters. The summed E-state index contributed by atoms with van der Waals surface area (Å²) < 4.78 is 1.07. The van der Waals surface area contributed by atoms with Crippen molar-refractivity contribution in [1.82, 2.24) is 4.98 Å². The van der Waals surface area contributed by atoms with E-state index in [4.69, 9.17) is 18.0 Å². The number of halogens is 1. The van der Waals surface area contributed by atoms with Crippen molar-refractivity contribution in [3.63, 3.8) is 0 Å². The zero-order valence-electron chi connectivity index (χ0n) is 9.56. The van der Waals surface area contributed by atoms with Gasteiger partial charge in [-0.1, -0.05) is 40.3 Å². The lowest BCUT2D eigenvalue weighted by atomic mass is 10.2. The predicted octanol–water partition coefficient (Wildman–Crippen LogP) is 3.09. The Balaban J connectivity index is 2.06. The van der Waals surface area contributed by atoms with E-state index in [1.807, 2.05) is 24.3 Å². The summed E-state index contributed by atoms with van der Waals surface area (Å²) in [7, 11) is 0. The largest absolute Gasteiger partial charge is 0.388 e. The molecule has 92 valence electrons. The first-order chi connectivity index (χ1) is 8.65. The van der Waals surface area contributed by atoms with Crippen molar-refractivity contribution < 1.29 is 0 Å². The van der Waals surface area contributed by atoms with Crippen molar-refractivity contribution in [2.24, 2.45) is 5.73 Å². The van der Waals surface area contributed by atoms with Crippen molar-refractivity contribution in [3.05, 3.63) is 58.3 Å². The minimum atomic E-state index is 0.307. The van der Waals surface area contributed by atoms with Gasteiger partial charge in [-0.25, -0.2) is 0 Å². The fraction of sp³-hybridized carbons (Fsp3) is 0.0769. The van der Waals surface area contributed by atoms with Gasteiger partial charge in [0.05, 0.1) is 5.69 Å². The summed E-state index contributed by atoms with van der Waals surface area (Å²) in [5, 5.41) is 3.31. The smallest absolute Gasteiger partial charge is 0.122 e. The minimum Gasteiger partial charge on any atom is -0.388 e. The molecule has 3 nitrogen and oxygen atoms in total. The SMILES string of the molecule is NC(=S)c1cc(NCc2cccc(Br)c2)ccn1. The molecule has 0 spiro atoms. The average Bonchev–Trinajstić information content (AvgIpc) is 2.37. The second-order valence-electron chi connectivity index (χ2n) is 3.78. The Morgan fingerprint density at radius 1 is 1.33 bits per heavy atom. The molecule has 2 aromatic rings. The van der Waals surface area contributed by atoms with E-state index in [2.05, 4.69) is 38.4 Å². The molecule has 5 heteroatoms. The summed E-state index contributed by atoms with van der Waals surface area (Å²) >= 11 is 8.35. The lowest BCUT2D eigenvalue weighted by molar-refractivity contribution is 1.14. The number of hydrogen-bond donors (Lipinski definition) is 2. The van der Waals surface area contributed by atoms with Gasteiger partial charge in [-0.2, -0.15) is 0 Å². The summed E-state index contributed by atoms with van der Waals surface area (Å²) in [6.45, 7) is 0.736. The number of nitrogens with one attached hydrogen (secondary N) is 1. The van der Waals surface area contributed by atoms with Gasteiger partial charge in [0, 0.05) is 22.9 Å². The molecule has 0 aliphatic rings. The van der Waals surface area contributed by atoms with Gasteiger partial charge in [0.15, 0.2) is 0 Å². The molecule has 0 aliphatic carbocycles. The Bertz CT molecular complexity index is 572. The number of pyridine rings is 1. The number of nitrogens with two attached hydrogens (primary N) is 1. The number of nitrogens with zero attached hydrogens (tertiary/aromatic N) is 1. The Morgan fingerprint density at radius 2 is 2.17 bits per heavy atom. The molecule has 2 rings (SSSR count). The van der Waals surface area contributed by atoms with E-state index in [9.17, 15) is 0 Å². The molecule has 0 fully saturated rings. The van der Waals surface area contributed by atoms with Gasteiger partial charge in [-0.05, 0) is 29.8 Å². The van der Waals surface area contributed by atoms with E-state index in [1.165, 1.54) is 5.56 Å². The summed E-state index contributed by atoms with van der Waals surface area (Å²) in [5.41, 5.74) is 8.32. The molecule has 0 amide bonds. The maximum absolute atomic E-state index is 5.54. The number of thiocarbonyl (C=S) groups is 1. The fourth-order valence-electron chi connectivity index (χ4n) is 1.53. The molecule has 1 heterocycles. The van der Waals surface area contributed by atoms with E-state index in [-0.39, 0.29) is 0 Å². The highest BCUT2D eigenvalue weighted by Gasteiger charge is 2.00. The van der Waals surface area contributed by atoms with E-state index in [1.54, 1.807) is 6.20 Å². The van der Waals surface area contributed by atoms with Crippen LogP contribution in [0.5, 0.6) is 0 Å². The highest BCUT2D eigenvalue weighted by atomic mass is 79.9. The fourth-order valence-corrected chi connectivity index (χ4v) is 2.08. The molecule has 0 aliphatic heterocycles. The van der Waals surface area contributed by atoms with Gasteiger partial charge >= 0.3 is 0 Å². The highest BCUT2D eigenvalue weighted by Crippen LogP contribution is 2.14. The molecule has 0 saturated carbocycles. The zero-order valence-corrected chi connectivity index (χ0v) is 12.0. The first-order valence-corrected chi connectivity index (χ1v) is 6.59. The van der Waals surface area contributed by atoms with Crippen molar-refractivity contribution in [3.8, 4) is 0 Å². The average molecular weight is 322 g/mol. The van der Waals surface area contributed by atoms with Crippen LogP contribution in [0.25, 0.3) is 0 Å². The van der Waals surface area contributed by atoms with Crippen LogP contribution in [-0.2, 0) is 6.54 Å². The summed E-state index contributed by atoms with van der Waals surface area (Å²) in [4.78, 5) is 4.40. The summed E-state index contributed by atoms with van der Waals surface area (Å²) in [6.07, 6.45) is 1.69. The van der Waals surface area contributed by atoms with Crippen molar-refractivity contribution >= 4 is 38.8 Å². The van der Waals surface area contributed by atoms with Crippen LogP contribution in [0.15, 0.2) is 47.1 Å². The molecular weight excluding hydrogens is 310 g/mol. The lowest BCUT2D eigenvalue weighted by Gasteiger charge is -2.07. The van der Waals surface area contributed by atoms with Gasteiger partial charge < -0.3 is 11.1 Å². The molecule has 0 bridgehead atoms. The van der Waals surface area contributed by atoms with Gasteiger partial charge in [0.25, 0.3) is 0 Å². The van der Waals surface area contributed by atoms with E-state index >= 15 is 0 Å². The molecule has 18 heavy (non-hydrogen) atoms. The predicted molar refractivity (Wildman–Crippen MR) is 81.6 cm³/mol. The maximum atomic E-state index is 5.54. The summed E-state index contributed by atoms with van der Waals surface area (Å²) in [5.74, 6) is 0. The van der Waals surface area contributed by atoms with E-state index in [0.29, 0.717) is 10.7 Å². The van der Waals surface area contributed by atoms with Gasteiger partial charge in [-0.3, -0.25) is 4.98 Å². The Kier molecular flexibility index (Phi) is 4.28. The van der Waals surface area contributed by atoms with Crippen molar-refractivity contribution in [2.45, 2.75) is 6.54 Å². The molecule has 0 unspecified atom stereocenters. The second kappa shape index (κ2) is 5.93. The lowest BCUT2D eigenvalue weighted by Crippen LogP contribution is -2.12. The van der Waals surface area contributed by atoms with E-state index < -0.39 is 0 Å². The number of anilines is 1. The van der Waals surface area contributed by atoms with Gasteiger partial charge in [0.1, 0.15) is 4.99 Å². The third-order valence-corrected chi connectivity index (χ3v) is 3.10. The standard InChI is InChI=1S/C13H12BrN3S/c14-10-3-1-2-9(6-10)8-17-11-4-5-16-12(7-11)13(15)18/h1-7H,8H2,(H2,15,18)(H,16,17). The van der Waals surface area contributed by atoms with Crippen LogP contribution in [0.3, 0.4) is 0 Å². The number of hydrogen-bond acceptors (Lipinski definition) is 3. The number of rotatable bonds is 4. The zero-order chi connectivity index (χ0) is 13.0. The van der Waals surface area contributed by atoms with Crippen LogP contribution < -0.4 is 11.1 Å². The van der Waals surface area contributed by atoms with E-state index in [0.717, 1.165) is 16.7 Å². The maximum Gasteiger partial charge on any atom is 0.122 e. The van der Waals surface area contributed by atoms with Crippen molar-refractivity contribution in [1.29, 1.82) is 0 Å². The molecule has 3 N–H and O–H groups in total. The quantitative estimate of drug-likeness (QED) is 0.850. The Labute approximate surface area is 120 Å². The number of aromatic nitrogens is 1. The normalized spacial score (nSPS) is 10.1. The second-order valence-corrected chi connectivity index (χ2v) is 5.13. The van der Waals surface area contributed by atoms with Crippen LogP contribution >= 0.6 is 28.1 Å². The van der Waals surface area contributed by atoms with Crippen LogP contribution in [0, 0.1) is 0 Å². The molecule has 1 aromatic heterocycles. The topological polar surface area (TPSA) is 50.9 Å². The van der Waals surface area contributed by atoms with Gasteiger partial charge in [-0.15, -0.1) is 0 Å². The van der Waals surface area contributed by atoms with Crippen LogP contribution in [0.4, 0.5) is 5.69 Å². The van der Waals surface area contributed by atoms with Crippen LogP contribution in [-0.4, -0.2) is 9.97 Å². The van der Waals surface area contributed by atoms with Gasteiger partial charge in [0.2, 0.25) is 0 Å². The molecule has 1 aromatic carbocycles. The van der Waals surface area contributed by atoms with Crippen LogP contribution in [0.1, 0.15) is 11.3 Å². The third kappa shape index (κ3) is 3.51. The molecule has 0 saturated heterocycles. The highest BCUT2D eigenvalue weighted by molar-refractivity contribution is 9.10. The van der Waals surface area contributed by atoms with Crippen LogP contribution in [0.2, 0.25) is 0 Å². The first kappa shape index (κ1) is 13.0. The number of benzene rings is 1. The Hall–Kier alpha value is -1.46. The molecule has 0 radical (unpaired) electrons. The van der Waals surface area contributed by atoms with Crippen molar-refractivity contribution in [2.75, 3.05) is 5.32 Å². The third-order valence-electron chi connectivity index (χ3n) is 2.40. The monoisotopic (exact) mass is 321 g/mol.